The maximum Gasteiger partial charge on any atom is 0.251 e. The Bertz CT molecular complexity index is 1300. The van der Waals surface area contributed by atoms with Gasteiger partial charge in [-0.05, 0) is 23.6 Å². The van der Waals surface area contributed by atoms with Crippen molar-refractivity contribution in [2.24, 2.45) is 5.92 Å². The molecule has 3 atom stereocenters. The Labute approximate surface area is 195 Å². The molecule has 0 bridgehead atoms. The van der Waals surface area contributed by atoms with Crippen molar-refractivity contribution in [2.75, 3.05) is 39.4 Å². The van der Waals surface area contributed by atoms with Crippen LogP contribution in [0.5, 0.6) is 11.5 Å². The third kappa shape index (κ3) is 3.83. The molecule has 5 heterocycles. The first-order chi connectivity index (χ1) is 16.6. The van der Waals surface area contributed by atoms with Gasteiger partial charge in [-0.2, -0.15) is 0 Å². The molecule has 0 radical (unpaired) electrons. The summed E-state index contributed by atoms with van der Waals surface area (Å²) >= 11 is 0. The summed E-state index contributed by atoms with van der Waals surface area (Å²) in [7, 11) is 0. The second-order valence-electron chi connectivity index (χ2n) is 9.37. The molecular formula is C25H27FN4O4. The second kappa shape index (κ2) is 8.65. The van der Waals surface area contributed by atoms with Gasteiger partial charge in [-0.1, -0.05) is 0 Å². The fraction of sp³-hybridized carbons (Fsp3) is 0.440. The van der Waals surface area contributed by atoms with Gasteiger partial charge in [-0.3, -0.25) is 14.7 Å². The van der Waals surface area contributed by atoms with Gasteiger partial charge in [0.25, 0.3) is 5.56 Å². The minimum Gasteiger partial charge on any atom is -0.486 e. The van der Waals surface area contributed by atoms with Crippen LogP contribution in [-0.2, 0) is 13.1 Å². The van der Waals surface area contributed by atoms with Gasteiger partial charge in [0.15, 0.2) is 11.5 Å². The number of likely N-dealkylation sites (tertiary alicyclic amines) is 1. The number of hydrogen-bond acceptors (Lipinski definition) is 7. The number of benzene rings is 1. The first-order valence-corrected chi connectivity index (χ1v) is 11.7. The molecule has 1 aromatic carbocycles. The van der Waals surface area contributed by atoms with Crippen LogP contribution in [0.1, 0.15) is 17.2 Å². The third-order valence-corrected chi connectivity index (χ3v) is 7.11. The topological polar surface area (TPSA) is 88.9 Å². The van der Waals surface area contributed by atoms with E-state index in [1.165, 1.54) is 6.07 Å². The van der Waals surface area contributed by atoms with Crippen molar-refractivity contribution in [3.63, 3.8) is 0 Å². The number of pyridine rings is 2. The predicted molar refractivity (Wildman–Crippen MR) is 124 cm³/mol. The molecule has 0 amide bonds. The summed E-state index contributed by atoms with van der Waals surface area (Å²) in [5.74, 6) is 1.06. The molecule has 0 aliphatic carbocycles. The van der Waals surface area contributed by atoms with Crippen molar-refractivity contribution in [3.8, 4) is 11.5 Å². The highest BCUT2D eigenvalue weighted by Gasteiger charge is 2.35. The predicted octanol–water partition coefficient (Wildman–Crippen LogP) is 1.49. The van der Waals surface area contributed by atoms with Gasteiger partial charge in [-0.15, -0.1) is 0 Å². The number of aliphatic hydroxyl groups excluding tert-OH is 1. The number of aliphatic hydroxyl groups is 1. The van der Waals surface area contributed by atoms with Crippen molar-refractivity contribution < 1.29 is 19.0 Å². The summed E-state index contributed by atoms with van der Waals surface area (Å²) in [6, 6.07) is 8.40. The summed E-state index contributed by atoms with van der Waals surface area (Å²) in [4.78, 5) is 19.0. The number of aromatic nitrogens is 2. The minimum atomic E-state index is -0.465. The Kier molecular flexibility index (Phi) is 5.47. The van der Waals surface area contributed by atoms with Gasteiger partial charge in [-0.25, -0.2) is 4.39 Å². The van der Waals surface area contributed by atoms with E-state index in [0.29, 0.717) is 75.1 Å². The van der Waals surface area contributed by atoms with E-state index in [1.54, 1.807) is 29.0 Å². The molecule has 0 spiro atoms. The quantitative estimate of drug-likeness (QED) is 0.569. The molecule has 34 heavy (non-hydrogen) atoms. The number of halogens is 1. The fourth-order valence-corrected chi connectivity index (χ4v) is 5.50. The molecular weight excluding hydrogens is 439 g/mol. The van der Waals surface area contributed by atoms with Gasteiger partial charge in [0.2, 0.25) is 0 Å². The molecule has 0 saturated carbocycles. The van der Waals surface area contributed by atoms with Crippen molar-refractivity contribution in [3.05, 3.63) is 64.0 Å². The maximum absolute atomic E-state index is 14.8. The summed E-state index contributed by atoms with van der Waals surface area (Å²) < 4.78 is 27.6. The van der Waals surface area contributed by atoms with Crippen LogP contribution in [-0.4, -0.2) is 65.1 Å². The highest BCUT2D eigenvalue weighted by atomic mass is 19.1. The maximum atomic E-state index is 14.8. The first-order valence-electron chi connectivity index (χ1n) is 11.7. The Balaban J connectivity index is 1.08. The zero-order valence-corrected chi connectivity index (χ0v) is 18.7. The summed E-state index contributed by atoms with van der Waals surface area (Å²) in [6.07, 6.45) is 1.22. The van der Waals surface area contributed by atoms with Crippen LogP contribution in [0.15, 0.2) is 41.3 Å². The average Bonchev–Trinajstić information content (AvgIpc) is 3.39. The molecule has 1 saturated heterocycles. The molecule has 2 unspecified atom stereocenters. The highest BCUT2D eigenvalue weighted by molar-refractivity contribution is 5.84. The molecule has 1 fully saturated rings. The van der Waals surface area contributed by atoms with Crippen molar-refractivity contribution >= 4 is 10.9 Å². The molecule has 9 heteroatoms. The minimum absolute atomic E-state index is 0.0596. The molecule has 3 aromatic rings. The SMILES string of the molecule is O=c1ccc2ccc(F)c3c2n1CC3CN1CC(CNCc2cc3c(cn2)OCCO3)[C@H](O)C1. The van der Waals surface area contributed by atoms with E-state index in [9.17, 15) is 14.3 Å². The molecule has 2 N–H and O–H groups in total. The lowest BCUT2D eigenvalue weighted by molar-refractivity contribution is 0.139. The normalized spacial score (nSPS) is 23.6. The Morgan fingerprint density at radius 1 is 1.12 bits per heavy atom. The molecule has 3 aliphatic heterocycles. The average molecular weight is 467 g/mol. The zero-order valence-electron chi connectivity index (χ0n) is 18.7. The highest BCUT2D eigenvalue weighted by Crippen LogP contribution is 2.36. The van der Waals surface area contributed by atoms with E-state index in [1.807, 2.05) is 6.07 Å². The van der Waals surface area contributed by atoms with E-state index >= 15 is 0 Å². The van der Waals surface area contributed by atoms with E-state index in [4.69, 9.17) is 9.47 Å². The summed E-state index contributed by atoms with van der Waals surface area (Å²) in [5, 5.41) is 14.9. The zero-order chi connectivity index (χ0) is 23.2. The third-order valence-electron chi connectivity index (χ3n) is 7.11. The Hall–Kier alpha value is -3.01. The van der Waals surface area contributed by atoms with Crippen LogP contribution < -0.4 is 20.3 Å². The molecule has 178 valence electrons. The van der Waals surface area contributed by atoms with Gasteiger partial charge in [0, 0.05) is 68.8 Å². The molecule has 2 aromatic heterocycles. The number of hydrogen-bond donors (Lipinski definition) is 2. The summed E-state index contributed by atoms with van der Waals surface area (Å²) in [5.41, 5.74) is 2.09. The van der Waals surface area contributed by atoms with Crippen molar-refractivity contribution in [1.82, 2.24) is 19.8 Å². The fourth-order valence-electron chi connectivity index (χ4n) is 5.50. The second-order valence-corrected chi connectivity index (χ2v) is 9.37. The molecule has 3 aliphatic rings. The van der Waals surface area contributed by atoms with Crippen LogP contribution >= 0.6 is 0 Å². The number of nitrogens with one attached hydrogen (secondary N) is 1. The number of fused-ring (bicyclic) bond motifs is 1. The van der Waals surface area contributed by atoms with Gasteiger partial charge >= 0.3 is 0 Å². The van der Waals surface area contributed by atoms with Gasteiger partial charge in [0.1, 0.15) is 19.0 Å². The monoisotopic (exact) mass is 466 g/mol. The standard InChI is InChI=1S/C25H27FN4O4/c26-19-3-1-15-2-4-23(32)30-13-17(24(19)25(15)30)12-29-11-16(20(31)14-29)8-27-9-18-7-21-22(10-28-18)34-6-5-33-21/h1-4,7,10,16-17,20,27,31H,5-6,8-9,11-14H2/t16?,17?,20-/m1/s1. The lowest BCUT2D eigenvalue weighted by Crippen LogP contribution is -2.31. The van der Waals surface area contributed by atoms with E-state index < -0.39 is 6.10 Å². The van der Waals surface area contributed by atoms with Gasteiger partial charge < -0.3 is 24.5 Å². The van der Waals surface area contributed by atoms with Crippen LogP contribution in [0.2, 0.25) is 0 Å². The van der Waals surface area contributed by atoms with Crippen LogP contribution in [0.25, 0.3) is 10.9 Å². The smallest absolute Gasteiger partial charge is 0.251 e. The lowest BCUT2D eigenvalue weighted by atomic mass is 9.98. The van der Waals surface area contributed by atoms with Crippen molar-refractivity contribution in [1.29, 1.82) is 0 Å². The molecule has 8 nitrogen and oxygen atoms in total. The van der Waals surface area contributed by atoms with E-state index in [-0.39, 0.29) is 23.2 Å². The first kappa shape index (κ1) is 21.5. The number of nitrogens with zero attached hydrogens (tertiary/aromatic N) is 3. The van der Waals surface area contributed by atoms with E-state index in [0.717, 1.165) is 11.1 Å². The molecule has 6 rings (SSSR count). The van der Waals surface area contributed by atoms with Gasteiger partial charge in [0.05, 0.1) is 23.5 Å². The van der Waals surface area contributed by atoms with E-state index in [2.05, 4.69) is 15.2 Å². The largest absolute Gasteiger partial charge is 0.486 e. The van der Waals surface area contributed by atoms with Crippen LogP contribution in [0.4, 0.5) is 4.39 Å². The van der Waals surface area contributed by atoms with Crippen molar-refractivity contribution in [2.45, 2.75) is 25.1 Å². The van der Waals surface area contributed by atoms with Crippen LogP contribution in [0.3, 0.4) is 0 Å². The number of β-amino-alcohol motifs (C(OH)–C–C–N with tert-alkyl or cyclic N) is 1. The summed E-state index contributed by atoms with van der Waals surface area (Å²) in [6.45, 7) is 4.60. The number of rotatable bonds is 6. The Morgan fingerprint density at radius 2 is 1.94 bits per heavy atom. The number of ether oxygens (including phenoxy) is 2. The van der Waals surface area contributed by atoms with Crippen LogP contribution in [0, 0.1) is 11.7 Å². The Morgan fingerprint density at radius 3 is 2.82 bits per heavy atom. The lowest BCUT2D eigenvalue weighted by Gasteiger charge is -2.21.